The van der Waals surface area contributed by atoms with Crippen LogP contribution in [0.3, 0.4) is 0 Å². The molecule has 1 fully saturated rings. The quantitative estimate of drug-likeness (QED) is 0.819. The molecular weight excluding hydrogens is 274 g/mol. The van der Waals surface area contributed by atoms with E-state index in [0.29, 0.717) is 6.42 Å². The van der Waals surface area contributed by atoms with Crippen molar-refractivity contribution in [3.63, 3.8) is 0 Å². The van der Waals surface area contributed by atoms with E-state index >= 15 is 0 Å². The predicted molar refractivity (Wildman–Crippen MR) is 94.1 cm³/mol. The molecule has 1 aliphatic rings. The van der Waals surface area contributed by atoms with Gasteiger partial charge in [-0.1, -0.05) is 20.8 Å². The largest absolute Gasteiger partial charge is 0.346 e. The van der Waals surface area contributed by atoms with Crippen LogP contribution in [0.25, 0.3) is 0 Å². The van der Waals surface area contributed by atoms with E-state index in [2.05, 4.69) is 58.7 Å². The van der Waals surface area contributed by atoms with Crippen LogP contribution in [-0.4, -0.2) is 60.0 Å². The molecular formula is C18H37N3O. The number of hydrogen-bond donors (Lipinski definition) is 1. The number of carbonyl (C=O) groups excluding carboxylic acids is 1. The van der Waals surface area contributed by atoms with Crippen LogP contribution < -0.4 is 5.32 Å². The van der Waals surface area contributed by atoms with Crippen LogP contribution in [0, 0.1) is 5.41 Å². The second-order valence-electron chi connectivity index (χ2n) is 9.39. The Morgan fingerprint density at radius 3 is 2.18 bits per heavy atom. The minimum absolute atomic E-state index is 0.164. The summed E-state index contributed by atoms with van der Waals surface area (Å²) in [5.74, 6) is 0.243. The Bertz CT molecular complexity index is 373. The standard InChI is InChI=1S/C18H37N3O/c1-16(2,3)10-12-20(8)15(22)9-11-19-18(7)13-21(14-18)17(4,5)6/h19H,9-14H2,1-8H3. The lowest BCUT2D eigenvalue weighted by atomic mass is 9.87. The fourth-order valence-electron chi connectivity index (χ4n) is 2.67. The Morgan fingerprint density at radius 1 is 1.18 bits per heavy atom. The number of nitrogens with one attached hydrogen (secondary N) is 1. The number of amides is 1. The number of nitrogens with zero attached hydrogens (tertiary/aromatic N) is 2. The Morgan fingerprint density at radius 2 is 1.73 bits per heavy atom. The van der Waals surface area contributed by atoms with Gasteiger partial charge >= 0.3 is 0 Å². The van der Waals surface area contributed by atoms with Crippen LogP contribution in [0.4, 0.5) is 0 Å². The molecule has 0 aromatic carbocycles. The summed E-state index contributed by atoms with van der Waals surface area (Å²) in [6.07, 6.45) is 1.63. The fraction of sp³-hybridized carbons (Fsp3) is 0.944. The molecule has 0 atom stereocenters. The lowest BCUT2D eigenvalue weighted by molar-refractivity contribution is -0.130. The zero-order chi connectivity index (χ0) is 17.2. The highest BCUT2D eigenvalue weighted by Gasteiger charge is 2.42. The second kappa shape index (κ2) is 6.88. The van der Waals surface area contributed by atoms with Gasteiger partial charge in [-0.3, -0.25) is 9.69 Å². The van der Waals surface area contributed by atoms with Gasteiger partial charge in [-0.15, -0.1) is 0 Å². The zero-order valence-electron chi connectivity index (χ0n) is 16.0. The molecule has 22 heavy (non-hydrogen) atoms. The Balaban J connectivity index is 2.23. The van der Waals surface area contributed by atoms with Gasteiger partial charge in [0.25, 0.3) is 0 Å². The molecule has 1 heterocycles. The molecule has 1 aliphatic heterocycles. The SMILES string of the molecule is CN(CCC(C)(C)C)C(=O)CCNC1(C)CN(C(C)(C)C)C1. The average molecular weight is 312 g/mol. The smallest absolute Gasteiger partial charge is 0.223 e. The average Bonchev–Trinajstić information content (AvgIpc) is 2.30. The summed E-state index contributed by atoms with van der Waals surface area (Å²) in [7, 11) is 1.92. The molecule has 0 unspecified atom stereocenters. The van der Waals surface area contributed by atoms with Gasteiger partial charge in [0.15, 0.2) is 0 Å². The number of rotatable bonds is 6. The van der Waals surface area contributed by atoms with Gasteiger partial charge in [-0.2, -0.15) is 0 Å². The Labute approximate surface area is 137 Å². The lowest BCUT2D eigenvalue weighted by Gasteiger charge is -2.54. The Hall–Kier alpha value is -0.610. The summed E-state index contributed by atoms with van der Waals surface area (Å²) in [4.78, 5) is 16.5. The van der Waals surface area contributed by atoms with Crippen molar-refractivity contribution < 1.29 is 4.79 Å². The van der Waals surface area contributed by atoms with Gasteiger partial charge < -0.3 is 10.2 Å². The summed E-state index contributed by atoms with van der Waals surface area (Å²) >= 11 is 0. The first-order valence-corrected chi connectivity index (χ1v) is 8.57. The highest BCUT2D eigenvalue weighted by atomic mass is 16.2. The molecule has 0 aromatic heterocycles. The van der Waals surface area contributed by atoms with Crippen molar-refractivity contribution in [1.29, 1.82) is 0 Å². The number of carbonyl (C=O) groups is 1. The molecule has 0 aliphatic carbocycles. The zero-order valence-corrected chi connectivity index (χ0v) is 16.0. The van der Waals surface area contributed by atoms with Crippen LogP contribution in [0.5, 0.6) is 0 Å². The first kappa shape index (κ1) is 19.4. The van der Waals surface area contributed by atoms with E-state index < -0.39 is 0 Å². The summed E-state index contributed by atoms with van der Waals surface area (Å²) in [6, 6.07) is 0. The molecule has 4 heteroatoms. The van der Waals surface area contributed by atoms with Crippen LogP contribution >= 0.6 is 0 Å². The van der Waals surface area contributed by atoms with E-state index in [1.165, 1.54) is 0 Å². The summed E-state index contributed by atoms with van der Waals surface area (Å²) in [6.45, 7) is 19.4. The summed E-state index contributed by atoms with van der Waals surface area (Å²) in [5.41, 5.74) is 0.685. The molecule has 0 spiro atoms. The van der Waals surface area contributed by atoms with Crippen molar-refractivity contribution in [2.75, 3.05) is 33.2 Å². The maximum absolute atomic E-state index is 12.2. The monoisotopic (exact) mass is 311 g/mol. The topological polar surface area (TPSA) is 35.6 Å². The van der Waals surface area contributed by atoms with E-state index in [9.17, 15) is 4.79 Å². The van der Waals surface area contributed by atoms with Gasteiger partial charge in [-0.05, 0) is 39.5 Å². The predicted octanol–water partition coefficient (Wildman–Crippen LogP) is 2.73. The lowest BCUT2D eigenvalue weighted by Crippen LogP contribution is -2.71. The maximum Gasteiger partial charge on any atom is 0.223 e. The van der Waals surface area contributed by atoms with E-state index in [4.69, 9.17) is 0 Å². The summed E-state index contributed by atoms with van der Waals surface area (Å²) in [5, 5.41) is 3.57. The molecule has 0 radical (unpaired) electrons. The van der Waals surface area contributed by atoms with E-state index in [1.54, 1.807) is 0 Å². The van der Waals surface area contributed by atoms with Crippen molar-refractivity contribution in [1.82, 2.24) is 15.1 Å². The third-order valence-electron chi connectivity index (χ3n) is 4.54. The van der Waals surface area contributed by atoms with Gasteiger partial charge in [0.05, 0.1) is 0 Å². The maximum atomic E-state index is 12.2. The van der Waals surface area contributed by atoms with Gasteiger partial charge in [0.1, 0.15) is 0 Å². The minimum Gasteiger partial charge on any atom is -0.346 e. The number of likely N-dealkylation sites (tertiary alicyclic amines) is 1. The van der Waals surface area contributed by atoms with Crippen LogP contribution in [0.2, 0.25) is 0 Å². The van der Waals surface area contributed by atoms with Crippen molar-refractivity contribution in [2.24, 2.45) is 5.41 Å². The van der Waals surface area contributed by atoms with Gasteiger partial charge in [0.2, 0.25) is 5.91 Å². The van der Waals surface area contributed by atoms with E-state index in [1.807, 2.05) is 11.9 Å². The van der Waals surface area contributed by atoms with Crippen molar-refractivity contribution >= 4 is 5.91 Å². The van der Waals surface area contributed by atoms with Crippen molar-refractivity contribution in [3.8, 4) is 0 Å². The molecule has 1 N–H and O–H groups in total. The molecule has 0 saturated carbocycles. The minimum atomic E-state index is 0.164. The highest BCUT2D eigenvalue weighted by molar-refractivity contribution is 5.76. The number of hydrogen-bond acceptors (Lipinski definition) is 3. The first-order valence-electron chi connectivity index (χ1n) is 8.57. The van der Waals surface area contributed by atoms with Crippen LogP contribution in [0.15, 0.2) is 0 Å². The molecule has 1 rings (SSSR count). The summed E-state index contributed by atoms with van der Waals surface area (Å²) < 4.78 is 0. The van der Waals surface area contributed by atoms with Crippen LogP contribution in [0.1, 0.15) is 61.3 Å². The highest BCUT2D eigenvalue weighted by Crippen LogP contribution is 2.28. The van der Waals surface area contributed by atoms with Crippen LogP contribution in [-0.2, 0) is 4.79 Å². The molecule has 130 valence electrons. The normalized spacial score (nSPS) is 18.9. The third-order valence-corrected chi connectivity index (χ3v) is 4.54. The molecule has 1 amide bonds. The van der Waals surface area contributed by atoms with E-state index in [-0.39, 0.29) is 22.4 Å². The first-order chi connectivity index (χ1) is 9.82. The van der Waals surface area contributed by atoms with Crippen molar-refractivity contribution in [2.45, 2.75) is 72.4 Å². The molecule has 0 aromatic rings. The van der Waals surface area contributed by atoms with Crippen molar-refractivity contribution in [3.05, 3.63) is 0 Å². The van der Waals surface area contributed by atoms with Gasteiger partial charge in [-0.25, -0.2) is 0 Å². The van der Waals surface area contributed by atoms with E-state index in [0.717, 1.165) is 32.6 Å². The fourth-order valence-corrected chi connectivity index (χ4v) is 2.67. The molecule has 0 bridgehead atoms. The van der Waals surface area contributed by atoms with Gasteiger partial charge in [0, 0.05) is 50.7 Å². The molecule has 1 saturated heterocycles. The molecule has 4 nitrogen and oxygen atoms in total. The third kappa shape index (κ3) is 6.25. The Kier molecular flexibility index (Phi) is 6.07. The second-order valence-corrected chi connectivity index (χ2v) is 9.39.